The lowest BCUT2D eigenvalue weighted by molar-refractivity contribution is -0.129. The number of rotatable bonds is 4. The van der Waals surface area contributed by atoms with Crippen molar-refractivity contribution in [3.05, 3.63) is 77.3 Å². The first-order valence-corrected chi connectivity index (χ1v) is 9.86. The second-order valence-electron chi connectivity index (χ2n) is 6.54. The van der Waals surface area contributed by atoms with E-state index in [9.17, 15) is 9.59 Å². The zero-order chi connectivity index (χ0) is 19.5. The van der Waals surface area contributed by atoms with E-state index in [-0.39, 0.29) is 24.3 Å². The van der Waals surface area contributed by atoms with E-state index in [2.05, 4.69) is 10.3 Å². The highest BCUT2D eigenvalue weighted by molar-refractivity contribution is 7.14. The minimum Gasteiger partial charge on any atom is -0.311 e. The maximum absolute atomic E-state index is 12.7. The minimum atomic E-state index is -0.327. The Labute approximate surface area is 167 Å². The lowest BCUT2D eigenvalue weighted by Crippen LogP contribution is -2.33. The molecule has 1 N–H and O–H groups in total. The van der Waals surface area contributed by atoms with Crippen LogP contribution in [0.3, 0.4) is 0 Å². The van der Waals surface area contributed by atoms with Gasteiger partial charge in [-0.25, -0.2) is 4.98 Å². The molecule has 0 unspecified atom stereocenters. The Morgan fingerprint density at radius 3 is 2.64 bits per heavy atom. The number of hydrogen-bond donors (Lipinski definition) is 1. The van der Waals surface area contributed by atoms with Crippen molar-refractivity contribution >= 4 is 34.4 Å². The summed E-state index contributed by atoms with van der Waals surface area (Å²) in [6.45, 7) is 1.51. The molecule has 0 saturated heterocycles. The Kier molecular flexibility index (Phi) is 5.04. The number of benzene rings is 2. The van der Waals surface area contributed by atoms with E-state index in [1.165, 1.54) is 18.3 Å². The van der Waals surface area contributed by atoms with Gasteiger partial charge in [0.2, 0.25) is 11.8 Å². The van der Waals surface area contributed by atoms with Crippen LogP contribution in [0.4, 0.5) is 5.13 Å². The second-order valence-corrected chi connectivity index (χ2v) is 7.40. The lowest BCUT2D eigenvalue weighted by atomic mass is 9.93. The Bertz CT molecular complexity index is 1040. The molecule has 1 aliphatic heterocycles. The summed E-state index contributed by atoms with van der Waals surface area (Å²) in [4.78, 5) is 30.9. The summed E-state index contributed by atoms with van der Waals surface area (Å²) < 4.78 is 0. The summed E-state index contributed by atoms with van der Waals surface area (Å²) in [5.74, 6) is -0.264. The number of thiazole rings is 1. The Morgan fingerprint density at radius 1 is 1.11 bits per heavy atom. The van der Waals surface area contributed by atoms with Gasteiger partial charge in [-0.2, -0.15) is 0 Å². The topological polar surface area (TPSA) is 62.3 Å². The van der Waals surface area contributed by atoms with Crippen molar-refractivity contribution in [2.45, 2.75) is 19.4 Å². The molecule has 0 saturated carbocycles. The third-order valence-electron chi connectivity index (χ3n) is 4.67. The molecule has 2 aromatic carbocycles. The van der Waals surface area contributed by atoms with Gasteiger partial charge in [0.25, 0.3) is 0 Å². The van der Waals surface area contributed by atoms with Gasteiger partial charge in [-0.1, -0.05) is 54.6 Å². The lowest BCUT2D eigenvalue weighted by Gasteiger charge is -2.32. The van der Waals surface area contributed by atoms with E-state index in [0.717, 1.165) is 22.4 Å². The third kappa shape index (κ3) is 3.73. The molecule has 28 heavy (non-hydrogen) atoms. The molecule has 4 rings (SSSR count). The van der Waals surface area contributed by atoms with E-state index in [4.69, 9.17) is 0 Å². The van der Waals surface area contributed by atoms with Crippen LogP contribution in [0.15, 0.2) is 66.2 Å². The van der Waals surface area contributed by atoms with Crippen LogP contribution in [-0.2, 0) is 9.59 Å². The largest absolute Gasteiger partial charge is 0.311 e. The predicted octanol–water partition coefficient (Wildman–Crippen LogP) is 4.71. The summed E-state index contributed by atoms with van der Waals surface area (Å²) in [6.07, 6.45) is 3.82. The monoisotopic (exact) mass is 389 g/mol. The van der Waals surface area contributed by atoms with Gasteiger partial charge in [0.1, 0.15) is 0 Å². The summed E-state index contributed by atoms with van der Waals surface area (Å²) in [5, 5.41) is 5.35. The third-order valence-corrected chi connectivity index (χ3v) is 5.43. The highest BCUT2D eigenvalue weighted by Crippen LogP contribution is 2.33. The van der Waals surface area contributed by atoms with Crippen molar-refractivity contribution in [1.29, 1.82) is 0 Å². The molecular weight excluding hydrogens is 370 g/mol. The van der Waals surface area contributed by atoms with Gasteiger partial charge in [0, 0.05) is 24.1 Å². The molecule has 0 radical (unpaired) electrons. The van der Waals surface area contributed by atoms with Crippen LogP contribution in [0.1, 0.15) is 30.5 Å². The average molecular weight is 389 g/mol. The molecule has 0 spiro atoms. The highest BCUT2D eigenvalue weighted by atomic mass is 32.1. The first-order chi connectivity index (χ1) is 13.6. The molecule has 0 bridgehead atoms. The zero-order valence-electron chi connectivity index (χ0n) is 15.3. The maximum atomic E-state index is 12.7. The van der Waals surface area contributed by atoms with Crippen LogP contribution >= 0.6 is 11.3 Å². The SMILES string of the molecule is CC(=O)N1C=Cc2ccccc2[C@@H]1CC(=O)Nc1nc(-c2ccccc2)cs1. The van der Waals surface area contributed by atoms with Gasteiger partial charge in [-0.15, -0.1) is 11.3 Å². The van der Waals surface area contributed by atoms with Crippen LogP contribution in [0.25, 0.3) is 17.3 Å². The summed E-state index contributed by atoms with van der Waals surface area (Å²) in [6, 6.07) is 17.3. The van der Waals surface area contributed by atoms with E-state index >= 15 is 0 Å². The molecule has 6 heteroatoms. The molecule has 140 valence electrons. The number of nitrogens with one attached hydrogen (secondary N) is 1. The first kappa shape index (κ1) is 18.1. The quantitative estimate of drug-likeness (QED) is 0.703. The van der Waals surface area contributed by atoms with Crippen molar-refractivity contribution < 1.29 is 9.59 Å². The van der Waals surface area contributed by atoms with Crippen molar-refractivity contribution in [2.24, 2.45) is 0 Å². The second kappa shape index (κ2) is 7.78. The van der Waals surface area contributed by atoms with Crippen molar-refractivity contribution in [2.75, 3.05) is 5.32 Å². The number of amides is 2. The fraction of sp³-hybridized carbons (Fsp3) is 0.136. The van der Waals surface area contributed by atoms with E-state index in [1.54, 1.807) is 11.1 Å². The number of carbonyl (C=O) groups excluding carboxylic acids is 2. The number of hydrogen-bond acceptors (Lipinski definition) is 4. The molecule has 1 aliphatic rings. The molecule has 2 amide bonds. The van der Waals surface area contributed by atoms with E-state index in [1.807, 2.05) is 66.1 Å². The molecule has 0 fully saturated rings. The van der Waals surface area contributed by atoms with Crippen molar-refractivity contribution in [3.8, 4) is 11.3 Å². The molecule has 0 aliphatic carbocycles. The van der Waals surface area contributed by atoms with Crippen LogP contribution in [0.5, 0.6) is 0 Å². The fourth-order valence-corrected chi connectivity index (χ4v) is 4.07. The summed E-state index contributed by atoms with van der Waals surface area (Å²) in [7, 11) is 0. The van der Waals surface area contributed by atoms with Crippen molar-refractivity contribution in [1.82, 2.24) is 9.88 Å². The van der Waals surface area contributed by atoms with Crippen LogP contribution in [-0.4, -0.2) is 21.7 Å². The van der Waals surface area contributed by atoms with Gasteiger partial charge in [0.15, 0.2) is 5.13 Å². The molecule has 2 heterocycles. The normalized spacial score (nSPS) is 15.2. The van der Waals surface area contributed by atoms with Gasteiger partial charge in [0.05, 0.1) is 18.2 Å². The first-order valence-electron chi connectivity index (χ1n) is 8.98. The molecule has 1 atom stereocenters. The Balaban J connectivity index is 1.51. The van der Waals surface area contributed by atoms with Crippen LogP contribution in [0.2, 0.25) is 0 Å². The Morgan fingerprint density at radius 2 is 1.86 bits per heavy atom. The van der Waals surface area contributed by atoms with Gasteiger partial charge in [-0.05, 0) is 17.2 Å². The van der Waals surface area contributed by atoms with E-state index in [0.29, 0.717) is 5.13 Å². The van der Waals surface area contributed by atoms with Crippen LogP contribution < -0.4 is 5.32 Å². The standard InChI is InChI=1S/C22H19N3O2S/c1-15(26)25-12-11-16-7-5-6-10-18(16)20(25)13-21(27)24-22-23-19(14-28-22)17-8-3-2-4-9-17/h2-12,14,20H,13H2,1H3,(H,23,24,27)/t20-/m0/s1. The fourth-order valence-electron chi connectivity index (χ4n) is 3.33. The Hall–Kier alpha value is -3.25. The van der Waals surface area contributed by atoms with Gasteiger partial charge in [-0.3, -0.25) is 9.59 Å². The van der Waals surface area contributed by atoms with Crippen LogP contribution in [0, 0.1) is 0 Å². The number of aromatic nitrogens is 1. The zero-order valence-corrected chi connectivity index (χ0v) is 16.1. The molecular formula is C22H19N3O2S. The summed E-state index contributed by atoms with van der Waals surface area (Å²) >= 11 is 1.39. The predicted molar refractivity (Wildman–Crippen MR) is 112 cm³/mol. The number of nitrogens with zero attached hydrogens (tertiary/aromatic N) is 2. The highest BCUT2D eigenvalue weighted by Gasteiger charge is 2.28. The maximum Gasteiger partial charge on any atom is 0.228 e. The minimum absolute atomic E-state index is 0.0934. The number of carbonyl (C=O) groups is 2. The smallest absolute Gasteiger partial charge is 0.228 e. The van der Waals surface area contributed by atoms with Crippen molar-refractivity contribution in [3.63, 3.8) is 0 Å². The number of fused-ring (bicyclic) bond motifs is 1. The van der Waals surface area contributed by atoms with Gasteiger partial charge >= 0.3 is 0 Å². The van der Waals surface area contributed by atoms with Gasteiger partial charge < -0.3 is 10.2 Å². The summed E-state index contributed by atoms with van der Waals surface area (Å²) in [5.41, 5.74) is 3.84. The number of anilines is 1. The molecule has 3 aromatic rings. The van der Waals surface area contributed by atoms with E-state index < -0.39 is 0 Å². The molecule has 1 aromatic heterocycles. The molecule has 5 nitrogen and oxygen atoms in total. The average Bonchev–Trinajstić information content (AvgIpc) is 3.17.